The molecular formula is C10H13BrN2O. The lowest BCUT2D eigenvalue weighted by Crippen LogP contribution is -2.12. The zero-order chi connectivity index (χ0) is 10.6. The summed E-state index contributed by atoms with van der Waals surface area (Å²) < 4.78 is 0.950. The first-order valence-corrected chi connectivity index (χ1v) is 5.35. The van der Waals surface area contributed by atoms with Gasteiger partial charge in [0, 0.05) is 10.9 Å². The largest absolute Gasteiger partial charge is 0.311 e. The van der Waals surface area contributed by atoms with Gasteiger partial charge in [0.25, 0.3) is 0 Å². The summed E-state index contributed by atoms with van der Waals surface area (Å²) >= 11 is 3.35. The van der Waals surface area contributed by atoms with Gasteiger partial charge >= 0.3 is 0 Å². The van der Waals surface area contributed by atoms with Gasteiger partial charge in [-0.1, -0.05) is 6.92 Å². The van der Waals surface area contributed by atoms with Crippen LogP contribution in [0.4, 0.5) is 5.82 Å². The third-order valence-electron chi connectivity index (χ3n) is 1.77. The van der Waals surface area contributed by atoms with Crippen LogP contribution in [0.5, 0.6) is 0 Å². The first-order valence-electron chi connectivity index (χ1n) is 4.56. The summed E-state index contributed by atoms with van der Waals surface area (Å²) in [4.78, 5) is 15.5. The van der Waals surface area contributed by atoms with Gasteiger partial charge in [0.1, 0.15) is 5.82 Å². The van der Waals surface area contributed by atoms with Gasteiger partial charge in [0.05, 0.1) is 5.69 Å². The molecule has 0 radical (unpaired) electrons. The number of pyridine rings is 1. The predicted octanol–water partition coefficient (Wildman–Crippen LogP) is 2.89. The minimum Gasteiger partial charge on any atom is -0.311 e. The van der Waals surface area contributed by atoms with Gasteiger partial charge in [-0.05, 0) is 41.4 Å². The van der Waals surface area contributed by atoms with Crippen LogP contribution in [0.25, 0.3) is 0 Å². The van der Waals surface area contributed by atoms with Crippen LogP contribution in [-0.4, -0.2) is 10.9 Å². The fraction of sp³-hybridized carbons (Fsp3) is 0.400. The maximum atomic E-state index is 11.2. The van der Waals surface area contributed by atoms with E-state index in [1.165, 1.54) is 0 Å². The first kappa shape index (κ1) is 11.2. The Kier molecular flexibility index (Phi) is 4.07. The van der Waals surface area contributed by atoms with E-state index < -0.39 is 0 Å². The summed E-state index contributed by atoms with van der Waals surface area (Å²) in [7, 11) is 0. The summed E-state index contributed by atoms with van der Waals surface area (Å²) in [6.07, 6.45) is 1.39. The molecule has 0 bridgehead atoms. The lowest BCUT2D eigenvalue weighted by molar-refractivity contribution is -0.116. The Balaban J connectivity index is 2.68. The second-order valence-corrected chi connectivity index (χ2v) is 3.92. The summed E-state index contributed by atoms with van der Waals surface area (Å²) in [5.74, 6) is 0.630. The monoisotopic (exact) mass is 256 g/mol. The molecule has 4 heteroatoms. The molecule has 0 aliphatic heterocycles. The Hall–Kier alpha value is -0.900. The van der Waals surface area contributed by atoms with Crippen LogP contribution >= 0.6 is 15.9 Å². The lowest BCUT2D eigenvalue weighted by atomic mass is 10.3. The van der Waals surface area contributed by atoms with Crippen molar-refractivity contribution in [2.45, 2.75) is 26.7 Å². The molecule has 0 saturated carbocycles. The molecule has 1 N–H and O–H groups in total. The van der Waals surface area contributed by atoms with Crippen LogP contribution in [0.3, 0.4) is 0 Å². The number of aromatic nitrogens is 1. The lowest BCUT2D eigenvalue weighted by Gasteiger charge is -2.04. The standard InChI is InChI=1S/C10H13BrN2O/c1-3-4-10(14)13-9-6-5-8(11)7(2)12-9/h5-6H,3-4H2,1-2H3,(H,12,13,14). The zero-order valence-corrected chi connectivity index (χ0v) is 9.89. The number of nitrogens with zero attached hydrogens (tertiary/aromatic N) is 1. The van der Waals surface area contributed by atoms with Crippen LogP contribution < -0.4 is 5.32 Å². The highest BCUT2D eigenvalue weighted by Gasteiger charge is 2.03. The Morgan fingerprint density at radius 1 is 1.57 bits per heavy atom. The number of rotatable bonds is 3. The van der Waals surface area contributed by atoms with Crippen molar-refractivity contribution in [3.05, 3.63) is 22.3 Å². The van der Waals surface area contributed by atoms with Gasteiger partial charge in [-0.2, -0.15) is 0 Å². The van der Waals surface area contributed by atoms with Crippen LogP contribution in [0.15, 0.2) is 16.6 Å². The van der Waals surface area contributed by atoms with Gasteiger partial charge < -0.3 is 5.32 Å². The quantitative estimate of drug-likeness (QED) is 0.904. The first-order chi connectivity index (χ1) is 6.63. The molecule has 0 aliphatic rings. The molecule has 0 aromatic carbocycles. The number of aryl methyl sites for hydroxylation is 1. The molecule has 0 unspecified atom stereocenters. The second kappa shape index (κ2) is 5.10. The van der Waals surface area contributed by atoms with Crippen molar-refractivity contribution in [1.29, 1.82) is 0 Å². The highest BCUT2D eigenvalue weighted by atomic mass is 79.9. The molecule has 3 nitrogen and oxygen atoms in total. The van der Waals surface area contributed by atoms with E-state index in [4.69, 9.17) is 0 Å². The number of halogens is 1. The molecule has 14 heavy (non-hydrogen) atoms. The molecule has 1 heterocycles. The van der Waals surface area contributed by atoms with E-state index >= 15 is 0 Å². The van der Waals surface area contributed by atoms with Gasteiger partial charge in [-0.3, -0.25) is 4.79 Å². The molecule has 76 valence electrons. The third-order valence-corrected chi connectivity index (χ3v) is 2.60. The molecule has 0 fully saturated rings. The SMILES string of the molecule is CCCC(=O)Nc1ccc(Br)c(C)n1. The summed E-state index contributed by atoms with van der Waals surface area (Å²) in [5, 5.41) is 2.74. The van der Waals surface area contributed by atoms with Crippen molar-refractivity contribution >= 4 is 27.7 Å². The molecule has 0 aliphatic carbocycles. The average molecular weight is 257 g/mol. The van der Waals surface area contributed by atoms with Crippen molar-refractivity contribution in [3.63, 3.8) is 0 Å². The van der Waals surface area contributed by atoms with Crippen LogP contribution in [0.1, 0.15) is 25.5 Å². The Morgan fingerprint density at radius 2 is 2.29 bits per heavy atom. The molecule has 1 amide bonds. The smallest absolute Gasteiger partial charge is 0.225 e. The summed E-state index contributed by atoms with van der Waals surface area (Å²) in [5.41, 5.74) is 0.874. The molecule has 0 saturated heterocycles. The number of nitrogens with one attached hydrogen (secondary N) is 1. The van der Waals surface area contributed by atoms with E-state index in [2.05, 4.69) is 26.2 Å². The van der Waals surface area contributed by atoms with Crippen LogP contribution in [-0.2, 0) is 4.79 Å². The highest BCUT2D eigenvalue weighted by Crippen LogP contribution is 2.16. The van der Waals surface area contributed by atoms with Crippen molar-refractivity contribution in [2.75, 3.05) is 5.32 Å². The maximum Gasteiger partial charge on any atom is 0.225 e. The van der Waals surface area contributed by atoms with E-state index in [1.54, 1.807) is 6.07 Å². The molecule has 1 rings (SSSR count). The molecular weight excluding hydrogens is 244 g/mol. The predicted molar refractivity (Wildman–Crippen MR) is 60.2 cm³/mol. The van der Waals surface area contributed by atoms with Gasteiger partial charge in [-0.15, -0.1) is 0 Å². The summed E-state index contributed by atoms with van der Waals surface area (Å²) in [6, 6.07) is 3.66. The van der Waals surface area contributed by atoms with E-state index in [0.717, 1.165) is 16.6 Å². The average Bonchev–Trinajstić information content (AvgIpc) is 2.12. The van der Waals surface area contributed by atoms with Crippen molar-refractivity contribution in [3.8, 4) is 0 Å². The molecule has 1 aromatic heterocycles. The number of carbonyl (C=O) groups excluding carboxylic acids is 1. The second-order valence-electron chi connectivity index (χ2n) is 3.06. The number of amides is 1. The van der Waals surface area contributed by atoms with E-state index in [-0.39, 0.29) is 5.91 Å². The van der Waals surface area contributed by atoms with Crippen LogP contribution in [0.2, 0.25) is 0 Å². The normalized spacial score (nSPS) is 9.93. The van der Waals surface area contributed by atoms with Gasteiger partial charge in [0.15, 0.2) is 0 Å². The van der Waals surface area contributed by atoms with Gasteiger partial charge in [0.2, 0.25) is 5.91 Å². The fourth-order valence-electron chi connectivity index (χ4n) is 1.05. The maximum absolute atomic E-state index is 11.2. The molecule has 0 spiro atoms. The third kappa shape index (κ3) is 3.10. The van der Waals surface area contributed by atoms with Crippen LogP contribution in [0, 0.1) is 6.92 Å². The number of anilines is 1. The van der Waals surface area contributed by atoms with E-state index in [9.17, 15) is 4.79 Å². The molecule has 0 atom stereocenters. The van der Waals surface area contributed by atoms with E-state index in [1.807, 2.05) is 19.9 Å². The Bertz CT molecular complexity index is 339. The van der Waals surface area contributed by atoms with E-state index in [0.29, 0.717) is 12.2 Å². The minimum atomic E-state index is 0.0155. The zero-order valence-electron chi connectivity index (χ0n) is 8.30. The van der Waals surface area contributed by atoms with Crippen molar-refractivity contribution in [2.24, 2.45) is 0 Å². The van der Waals surface area contributed by atoms with Gasteiger partial charge in [-0.25, -0.2) is 4.98 Å². The minimum absolute atomic E-state index is 0.0155. The number of hydrogen-bond donors (Lipinski definition) is 1. The highest BCUT2D eigenvalue weighted by molar-refractivity contribution is 9.10. The summed E-state index contributed by atoms with van der Waals surface area (Å²) in [6.45, 7) is 3.86. The Morgan fingerprint density at radius 3 is 2.86 bits per heavy atom. The number of carbonyl (C=O) groups is 1. The number of hydrogen-bond acceptors (Lipinski definition) is 2. The fourth-order valence-corrected chi connectivity index (χ4v) is 1.27. The van der Waals surface area contributed by atoms with Crippen molar-refractivity contribution in [1.82, 2.24) is 4.98 Å². The topological polar surface area (TPSA) is 42.0 Å². The van der Waals surface area contributed by atoms with Crippen molar-refractivity contribution < 1.29 is 4.79 Å². The Labute approximate surface area is 92.1 Å². The molecule has 1 aromatic rings.